The minimum atomic E-state index is -1.66. The summed E-state index contributed by atoms with van der Waals surface area (Å²) in [5.41, 5.74) is -1.66. The van der Waals surface area contributed by atoms with Crippen molar-refractivity contribution in [1.82, 2.24) is 5.32 Å². The third-order valence-corrected chi connectivity index (χ3v) is 4.49. The van der Waals surface area contributed by atoms with Crippen molar-refractivity contribution in [3.63, 3.8) is 0 Å². The van der Waals surface area contributed by atoms with Crippen LogP contribution in [0.2, 0.25) is 0 Å². The Morgan fingerprint density at radius 2 is 2.20 bits per heavy atom. The molecule has 0 heterocycles. The summed E-state index contributed by atoms with van der Waals surface area (Å²) in [4.78, 5) is 10.6. The van der Waals surface area contributed by atoms with Gasteiger partial charge < -0.3 is 15.5 Å². The lowest BCUT2D eigenvalue weighted by Crippen LogP contribution is -2.50. The zero-order chi connectivity index (χ0) is 11.5. The van der Waals surface area contributed by atoms with Crippen LogP contribution in [-0.4, -0.2) is 45.9 Å². The van der Waals surface area contributed by atoms with Crippen LogP contribution in [0, 0.1) is 0 Å². The first-order valence-corrected chi connectivity index (χ1v) is 6.36. The van der Waals surface area contributed by atoms with Crippen LogP contribution in [0.25, 0.3) is 0 Å². The van der Waals surface area contributed by atoms with E-state index in [1.807, 2.05) is 11.8 Å². The molecule has 1 unspecified atom stereocenters. The summed E-state index contributed by atoms with van der Waals surface area (Å²) >= 11 is 1.83. The second-order valence-electron chi connectivity index (χ2n) is 4.42. The number of rotatable bonds is 6. The molecule has 1 aliphatic carbocycles. The zero-order valence-electron chi connectivity index (χ0n) is 9.25. The Balaban J connectivity index is 2.29. The average molecular weight is 233 g/mol. The third kappa shape index (κ3) is 3.09. The number of aliphatic hydroxyl groups is 1. The Kier molecular flexibility index (Phi) is 4.03. The van der Waals surface area contributed by atoms with Crippen molar-refractivity contribution < 1.29 is 15.0 Å². The van der Waals surface area contributed by atoms with Crippen molar-refractivity contribution >= 4 is 17.7 Å². The highest BCUT2D eigenvalue weighted by Crippen LogP contribution is 2.42. The molecule has 1 fully saturated rings. The molecule has 0 aromatic heterocycles. The lowest BCUT2D eigenvalue weighted by atomic mass is 9.84. The molecule has 0 spiro atoms. The van der Waals surface area contributed by atoms with Crippen LogP contribution in [0.15, 0.2) is 0 Å². The van der Waals surface area contributed by atoms with Gasteiger partial charge in [0.2, 0.25) is 0 Å². The molecular formula is C10H19NO3S. The first-order chi connectivity index (χ1) is 6.92. The minimum Gasteiger partial charge on any atom is -0.479 e. The Morgan fingerprint density at radius 3 is 2.53 bits per heavy atom. The smallest absolute Gasteiger partial charge is 0.336 e. The fourth-order valence-corrected chi connectivity index (χ4v) is 2.58. The second-order valence-corrected chi connectivity index (χ2v) is 5.70. The summed E-state index contributed by atoms with van der Waals surface area (Å²) < 4.78 is 0.272. The highest BCUT2D eigenvalue weighted by molar-refractivity contribution is 8.00. The van der Waals surface area contributed by atoms with E-state index in [0.29, 0.717) is 0 Å². The topological polar surface area (TPSA) is 69.6 Å². The summed E-state index contributed by atoms with van der Waals surface area (Å²) in [5, 5.41) is 21.2. The molecule has 0 amide bonds. The minimum absolute atomic E-state index is 0.102. The van der Waals surface area contributed by atoms with Crippen molar-refractivity contribution in [2.75, 3.05) is 19.3 Å². The molecule has 3 N–H and O–H groups in total. The predicted octanol–water partition coefficient (Wildman–Crippen LogP) is 0.697. The van der Waals surface area contributed by atoms with Crippen LogP contribution in [-0.2, 0) is 4.79 Å². The molecule has 15 heavy (non-hydrogen) atoms. The molecule has 1 rings (SSSR count). The van der Waals surface area contributed by atoms with Gasteiger partial charge in [0.15, 0.2) is 5.60 Å². The van der Waals surface area contributed by atoms with Gasteiger partial charge in [-0.3, -0.25) is 0 Å². The van der Waals surface area contributed by atoms with Gasteiger partial charge in [0.25, 0.3) is 0 Å². The van der Waals surface area contributed by atoms with Crippen LogP contribution >= 0.6 is 11.8 Å². The number of hydrogen-bond donors (Lipinski definition) is 3. The highest BCUT2D eigenvalue weighted by Gasteiger charge is 2.37. The maximum atomic E-state index is 10.6. The Hall–Kier alpha value is -0.260. The van der Waals surface area contributed by atoms with Crippen LogP contribution < -0.4 is 5.32 Å². The monoisotopic (exact) mass is 233 g/mol. The zero-order valence-corrected chi connectivity index (χ0v) is 10.1. The fraction of sp³-hybridized carbons (Fsp3) is 0.900. The van der Waals surface area contributed by atoms with E-state index in [1.165, 1.54) is 26.2 Å². The molecule has 0 radical (unpaired) electrons. The number of carboxylic acids is 1. The van der Waals surface area contributed by atoms with Crippen molar-refractivity contribution in [2.45, 2.75) is 36.5 Å². The van der Waals surface area contributed by atoms with Gasteiger partial charge in [0, 0.05) is 17.8 Å². The SMILES string of the molecule is CSC1(CNCC(C)(O)C(=O)O)CCC1. The van der Waals surface area contributed by atoms with Crippen molar-refractivity contribution in [1.29, 1.82) is 0 Å². The van der Waals surface area contributed by atoms with Gasteiger partial charge in [-0.15, -0.1) is 0 Å². The second kappa shape index (κ2) is 4.72. The van der Waals surface area contributed by atoms with Crippen LogP contribution in [0.4, 0.5) is 0 Å². The summed E-state index contributed by atoms with van der Waals surface area (Å²) in [7, 11) is 0. The Bertz CT molecular complexity index is 233. The number of nitrogens with one attached hydrogen (secondary N) is 1. The fourth-order valence-electron chi connectivity index (χ4n) is 1.63. The van der Waals surface area contributed by atoms with Crippen molar-refractivity contribution in [2.24, 2.45) is 0 Å². The van der Waals surface area contributed by atoms with Crippen LogP contribution in [0.5, 0.6) is 0 Å². The van der Waals surface area contributed by atoms with Crippen molar-refractivity contribution in [3.05, 3.63) is 0 Å². The number of hydrogen-bond acceptors (Lipinski definition) is 4. The molecule has 0 saturated heterocycles. The average Bonchev–Trinajstić information content (AvgIpc) is 2.09. The summed E-state index contributed by atoms with van der Waals surface area (Å²) in [5.74, 6) is -1.18. The van der Waals surface area contributed by atoms with Gasteiger partial charge in [-0.2, -0.15) is 11.8 Å². The maximum absolute atomic E-state index is 10.6. The Morgan fingerprint density at radius 1 is 1.60 bits per heavy atom. The van der Waals surface area contributed by atoms with E-state index in [2.05, 4.69) is 11.6 Å². The van der Waals surface area contributed by atoms with Crippen LogP contribution in [0.3, 0.4) is 0 Å². The highest BCUT2D eigenvalue weighted by atomic mass is 32.2. The standard InChI is InChI=1S/C10H19NO3S/c1-9(14,8(12)13)6-11-7-10(15-2)4-3-5-10/h11,14H,3-7H2,1-2H3,(H,12,13). The normalized spacial score (nSPS) is 22.9. The number of thioether (sulfide) groups is 1. The number of carbonyl (C=O) groups is 1. The molecule has 5 heteroatoms. The van der Waals surface area contributed by atoms with Gasteiger partial charge in [-0.05, 0) is 26.0 Å². The maximum Gasteiger partial charge on any atom is 0.336 e. The number of carboxylic acid groups (broad SMARTS) is 1. The van der Waals surface area contributed by atoms with Gasteiger partial charge >= 0.3 is 5.97 Å². The molecule has 88 valence electrons. The summed E-state index contributed by atoms with van der Waals surface area (Å²) in [6, 6.07) is 0. The molecule has 4 nitrogen and oxygen atoms in total. The van der Waals surface area contributed by atoms with E-state index in [4.69, 9.17) is 5.11 Å². The molecule has 0 aliphatic heterocycles. The van der Waals surface area contributed by atoms with E-state index in [9.17, 15) is 9.90 Å². The van der Waals surface area contributed by atoms with Gasteiger partial charge in [0.05, 0.1) is 0 Å². The number of aliphatic carboxylic acids is 1. The lowest BCUT2D eigenvalue weighted by Gasteiger charge is -2.41. The molecule has 0 bridgehead atoms. The largest absolute Gasteiger partial charge is 0.479 e. The molecule has 1 aliphatic rings. The summed E-state index contributed by atoms with van der Waals surface area (Å²) in [6.07, 6.45) is 5.68. The van der Waals surface area contributed by atoms with E-state index in [1.54, 1.807) is 0 Å². The quantitative estimate of drug-likeness (QED) is 0.630. The van der Waals surface area contributed by atoms with E-state index >= 15 is 0 Å². The first kappa shape index (κ1) is 12.8. The third-order valence-electron chi connectivity index (χ3n) is 3.07. The van der Waals surface area contributed by atoms with E-state index < -0.39 is 11.6 Å². The summed E-state index contributed by atoms with van der Waals surface area (Å²) in [6.45, 7) is 2.19. The molecule has 0 aromatic rings. The van der Waals surface area contributed by atoms with E-state index in [0.717, 1.165) is 6.54 Å². The molecular weight excluding hydrogens is 214 g/mol. The van der Waals surface area contributed by atoms with Gasteiger partial charge in [-0.25, -0.2) is 4.79 Å². The molecule has 0 aromatic carbocycles. The van der Waals surface area contributed by atoms with Crippen LogP contribution in [0.1, 0.15) is 26.2 Å². The molecule has 1 saturated carbocycles. The predicted molar refractivity (Wildman–Crippen MR) is 61.2 cm³/mol. The lowest BCUT2D eigenvalue weighted by molar-refractivity contribution is -0.156. The van der Waals surface area contributed by atoms with Gasteiger partial charge in [-0.1, -0.05) is 6.42 Å². The molecule has 1 atom stereocenters. The Labute approximate surface area is 94.4 Å². The first-order valence-electron chi connectivity index (χ1n) is 5.14. The van der Waals surface area contributed by atoms with Gasteiger partial charge in [0.1, 0.15) is 0 Å². The van der Waals surface area contributed by atoms with Crippen molar-refractivity contribution in [3.8, 4) is 0 Å². The van der Waals surface area contributed by atoms with E-state index in [-0.39, 0.29) is 11.3 Å².